The van der Waals surface area contributed by atoms with Crippen LogP contribution < -0.4 is 14.8 Å². The number of halogens is 1. The number of hydrogen-bond donors (Lipinski definition) is 2. The smallest absolute Gasteiger partial charge is 0.305 e. The summed E-state index contributed by atoms with van der Waals surface area (Å²) in [7, 11) is 3.00. The van der Waals surface area contributed by atoms with Gasteiger partial charge in [0.15, 0.2) is 11.5 Å². The van der Waals surface area contributed by atoms with Crippen molar-refractivity contribution in [1.82, 2.24) is 5.32 Å². The zero-order chi connectivity index (χ0) is 19.3. The Kier molecular flexibility index (Phi) is 6.46. The van der Waals surface area contributed by atoms with Gasteiger partial charge in [0.2, 0.25) is 0 Å². The number of carbonyl (C=O) groups is 2. The average molecular weight is 378 g/mol. The van der Waals surface area contributed by atoms with Crippen LogP contribution in [-0.4, -0.2) is 31.2 Å². The molecule has 0 radical (unpaired) electrons. The molecule has 1 amide bonds. The molecule has 2 aromatic rings. The van der Waals surface area contributed by atoms with Crippen molar-refractivity contribution in [3.63, 3.8) is 0 Å². The lowest BCUT2D eigenvalue weighted by atomic mass is 10.0. The van der Waals surface area contributed by atoms with Crippen molar-refractivity contribution >= 4 is 23.5 Å². The van der Waals surface area contributed by atoms with Gasteiger partial charge in [-0.05, 0) is 42.3 Å². The number of carbonyl (C=O) groups excluding carboxylic acids is 1. The maximum absolute atomic E-state index is 12.6. The van der Waals surface area contributed by atoms with Gasteiger partial charge in [-0.1, -0.05) is 23.7 Å². The number of aryl methyl sites for hydroxylation is 1. The molecule has 0 heterocycles. The number of rotatable bonds is 7. The van der Waals surface area contributed by atoms with Crippen molar-refractivity contribution < 1.29 is 24.2 Å². The van der Waals surface area contributed by atoms with Crippen LogP contribution in [0.25, 0.3) is 0 Å². The van der Waals surface area contributed by atoms with Crippen molar-refractivity contribution in [3.05, 3.63) is 58.1 Å². The topological polar surface area (TPSA) is 84.9 Å². The number of carboxylic acids is 1. The minimum absolute atomic E-state index is 0.277. The third kappa shape index (κ3) is 4.67. The van der Waals surface area contributed by atoms with Crippen LogP contribution in [0.4, 0.5) is 0 Å². The molecule has 26 heavy (non-hydrogen) atoms. The second-order valence-electron chi connectivity index (χ2n) is 5.70. The molecule has 6 nitrogen and oxygen atoms in total. The molecule has 2 aromatic carbocycles. The highest BCUT2D eigenvalue weighted by Gasteiger charge is 2.21. The van der Waals surface area contributed by atoms with Gasteiger partial charge in [-0.3, -0.25) is 9.59 Å². The molecule has 2 rings (SSSR count). The quantitative estimate of drug-likeness (QED) is 0.769. The van der Waals surface area contributed by atoms with Crippen molar-refractivity contribution in [3.8, 4) is 11.5 Å². The Balaban J connectivity index is 2.34. The molecule has 7 heteroatoms. The van der Waals surface area contributed by atoms with E-state index in [1.165, 1.54) is 14.2 Å². The first-order valence-electron chi connectivity index (χ1n) is 7.86. The fraction of sp³-hybridized carbons (Fsp3) is 0.263. The van der Waals surface area contributed by atoms with E-state index in [-0.39, 0.29) is 6.42 Å². The maximum Gasteiger partial charge on any atom is 0.305 e. The minimum Gasteiger partial charge on any atom is -0.493 e. The Hall–Kier alpha value is -2.73. The van der Waals surface area contributed by atoms with E-state index in [0.717, 1.165) is 5.56 Å². The minimum atomic E-state index is -1.03. The lowest BCUT2D eigenvalue weighted by Gasteiger charge is -2.20. The predicted molar refractivity (Wildman–Crippen MR) is 98.2 cm³/mol. The number of benzene rings is 2. The normalized spacial score (nSPS) is 11.5. The molecule has 138 valence electrons. The van der Waals surface area contributed by atoms with Crippen LogP contribution in [0, 0.1) is 6.92 Å². The van der Waals surface area contributed by atoms with Crippen LogP contribution in [0.2, 0.25) is 5.02 Å². The Morgan fingerprint density at radius 3 is 2.42 bits per heavy atom. The molecule has 0 aromatic heterocycles. The van der Waals surface area contributed by atoms with Crippen LogP contribution in [-0.2, 0) is 4.79 Å². The zero-order valence-corrected chi connectivity index (χ0v) is 15.5. The molecule has 0 aliphatic rings. The van der Waals surface area contributed by atoms with E-state index in [9.17, 15) is 14.7 Å². The van der Waals surface area contributed by atoms with E-state index in [4.69, 9.17) is 21.1 Å². The third-order valence-corrected chi connectivity index (χ3v) is 4.17. The van der Waals surface area contributed by atoms with E-state index >= 15 is 0 Å². The van der Waals surface area contributed by atoms with Gasteiger partial charge in [-0.15, -0.1) is 0 Å². The second kappa shape index (κ2) is 8.58. The number of methoxy groups -OCH3 is 2. The standard InChI is InChI=1S/C19H20ClNO5/c1-11-4-6-13(20)9-14(11)19(24)21-15(10-18(22)23)12-5-7-16(25-2)17(8-12)26-3/h4-9,15H,10H2,1-3H3,(H,21,24)(H,22,23). The molecule has 0 fully saturated rings. The fourth-order valence-corrected chi connectivity index (χ4v) is 2.74. The Labute approximate surface area is 156 Å². The molecule has 1 unspecified atom stereocenters. The van der Waals surface area contributed by atoms with E-state index in [2.05, 4.69) is 5.32 Å². The van der Waals surface area contributed by atoms with Gasteiger partial charge >= 0.3 is 5.97 Å². The number of hydrogen-bond acceptors (Lipinski definition) is 4. The summed E-state index contributed by atoms with van der Waals surface area (Å²) in [5.74, 6) is -0.463. The Morgan fingerprint density at radius 2 is 1.81 bits per heavy atom. The molecular weight excluding hydrogens is 358 g/mol. The number of aliphatic carboxylic acids is 1. The number of amides is 1. The highest BCUT2D eigenvalue weighted by Crippen LogP contribution is 2.31. The van der Waals surface area contributed by atoms with Crippen molar-refractivity contribution in [2.24, 2.45) is 0 Å². The summed E-state index contributed by atoms with van der Waals surface area (Å²) >= 11 is 5.97. The summed E-state index contributed by atoms with van der Waals surface area (Å²) in [6.07, 6.45) is -0.277. The summed E-state index contributed by atoms with van der Waals surface area (Å²) in [4.78, 5) is 23.9. The summed E-state index contributed by atoms with van der Waals surface area (Å²) < 4.78 is 10.4. The highest BCUT2D eigenvalue weighted by molar-refractivity contribution is 6.31. The highest BCUT2D eigenvalue weighted by atomic mass is 35.5. The van der Waals surface area contributed by atoms with Gasteiger partial charge in [0, 0.05) is 10.6 Å². The first kappa shape index (κ1) is 19.6. The SMILES string of the molecule is COc1ccc(C(CC(=O)O)NC(=O)c2cc(Cl)ccc2C)cc1OC. The molecule has 2 N–H and O–H groups in total. The maximum atomic E-state index is 12.6. The summed E-state index contributed by atoms with van der Waals surface area (Å²) in [5.41, 5.74) is 1.74. The summed E-state index contributed by atoms with van der Waals surface area (Å²) in [6, 6.07) is 9.25. The second-order valence-corrected chi connectivity index (χ2v) is 6.13. The summed E-state index contributed by atoms with van der Waals surface area (Å²) in [6.45, 7) is 1.79. The molecule has 0 saturated carbocycles. The summed E-state index contributed by atoms with van der Waals surface area (Å²) in [5, 5.41) is 12.4. The zero-order valence-electron chi connectivity index (χ0n) is 14.7. The van der Waals surface area contributed by atoms with Crippen LogP contribution >= 0.6 is 11.6 Å². The molecule has 0 bridgehead atoms. The van der Waals surface area contributed by atoms with E-state index in [1.54, 1.807) is 43.3 Å². The van der Waals surface area contributed by atoms with E-state index in [0.29, 0.717) is 27.6 Å². The first-order chi connectivity index (χ1) is 12.3. The van der Waals surface area contributed by atoms with Crippen LogP contribution in [0.1, 0.15) is 33.9 Å². The van der Waals surface area contributed by atoms with E-state index < -0.39 is 17.9 Å². The van der Waals surface area contributed by atoms with Gasteiger partial charge in [-0.2, -0.15) is 0 Å². The molecule has 1 atom stereocenters. The van der Waals surface area contributed by atoms with Gasteiger partial charge in [-0.25, -0.2) is 0 Å². The van der Waals surface area contributed by atoms with Gasteiger partial charge in [0.05, 0.1) is 26.7 Å². The van der Waals surface area contributed by atoms with Crippen LogP contribution in [0.15, 0.2) is 36.4 Å². The fourth-order valence-electron chi connectivity index (χ4n) is 2.57. The average Bonchev–Trinajstić information content (AvgIpc) is 2.62. The van der Waals surface area contributed by atoms with Crippen LogP contribution in [0.5, 0.6) is 11.5 Å². The molecule has 0 aliphatic carbocycles. The Bertz CT molecular complexity index is 822. The predicted octanol–water partition coefficient (Wildman–Crippen LogP) is 3.61. The lowest BCUT2D eigenvalue weighted by molar-refractivity contribution is -0.137. The molecule has 0 aliphatic heterocycles. The number of nitrogens with one attached hydrogen (secondary N) is 1. The first-order valence-corrected chi connectivity index (χ1v) is 8.24. The number of carboxylic acid groups (broad SMARTS) is 1. The van der Waals surface area contributed by atoms with Gasteiger partial charge in [0.25, 0.3) is 5.91 Å². The van der Waals surface area contributed by atoms with Gasteiger partial charge < -0.3 is 19.9 Å². The van der Waals surface area contributed by atoms with E-state index in [1.807, 2.05) is 0 Å². The molecule has 0 spiro atoms. The lowest BCUT2D eigenvalue weighted by Crippen LogP contribution is -2.30. The molecule has 0 saturated heterocycles. The Morgan fingerprint density at radius 1 is 1.12 bits per heavy atom. The molecular formula is C19H20ClNO5. The van der Waals surface area contributed by atoms with Crippen molar-refractivity contribution in [2.75, 3.05) is 14.2 Å². The van der Waals surface area contributed by atoms with Crippen molar-refractivity contribution in [1.29, 1.82) is 0 Å². The third-order valence-electron chi connectivity index (χ3n) is 3.94. The van der Waals surface area contributed by atoms with Gasteiger partial charge in [0.1, 0.15) is 0 Å². The van der Waals surface area contributed by atoms with Crippen LogP contribution in [0.3, 0.4) is 0 Å². The monoisotopic (exact) mass is 377 g/mol. The number of ether oxygens (including phenoxy) is 2. The largest absolute Gasteiger partial charge is 0.493 e. The van der Waals surface area contributed by atoms with Crippen molar-refractivity contribution in [2.45, 2.75) is 19.4 Å².